The zero-order valence-electron chi connectivity index (χ0n) is 13.8. The second-order valence-electron chi connectivity index (χ2n) is 6.38. The molecular formula is C20H20N4. The predicted molar refractivity (Wildman–Crippen MR) is 96.0 cm³/mol. The summed E-state index contributed by atoms with van der Waals surface area (Å²) in [5.41, 5.74) is 6.32. The number of benzene rings is 1. The van der Waals surface area contributed by atoms with Crippen molar-refractivity contribution in [3.05, 3.63) is 58.9 Å². The van der Waals surface area contributed by atoms with Gasteiger partial charge in [0.25, 0.3) is 0 Å². The molecule has 120 valence electrons. The van der Waals surface area contributed by atoms with E-state index in [4.69, 9.17) is 5.26 Å². The van der Waals surface area contributed by atoms with Crippen molar-refractivity contribution < 1.29 is 0 Å². The van der Waals surface area contributed by atoms with Crippen molar-refractivity contribution in [1.29, 1.82) is 5.26 Å². The summed E-state index contributed by atoms with van der Waals surface area (Å²) in [7, 11) is 0. The fourth-order valence-corrected chi connectivity index (χ4v) is 3.71. The summed E-state index contributed by atoms with van der Waals surface area (Å²) in [6.45, 7) is 3.96. The molecule has 3 heterocycles. The smallest absolute Gasteiger partial charge is 0.153 e. The highest BCUT2D eigenvalue weighted by atomic mass is 15.2. The first-order valence-corrected chi connectivity index (χ1v) is 8.43. The minimum Gasteiger partial charge on any atom is -0.355 e. The Balaban J connectivity index is 1.74. The number of hydrogen-bond donors (Lipinski definition) is 1. The molecule has 0 spiro atoms. The van der Waals surface area contributed by atoms with Crippen molar-refractivity contribution in [1.82, 2.24) is 9.97 Å². The molecule has 1 N–H and O–H groups in total. The number of H-pyrrole nitrogens is 1. The normalized spacial score (nSPS) is 13.8. The Morgan fingerprint density at radius 1 is 1.25 bits per heavy atom. The highest BCUT2D eigenvalue weighted by Crippen LogP contribution is 2.32. The Bertz CT molecular complexity index is 932. The van der Waals surface area contributed by atoms with E-state index in [0.717, 1.165) is 43.0 Å². The zero-order valence-corrected chi connectivity index (χ0v) is 13.8. The van der Waals surface area contributed by atoms with Crippen molar-refractivity contribution in [2.45, 2.75) is 32.7 Å². The lowest BCUT2D eigenvalue weighted by Gasteiger charge is -2.30. The molecule has 3 aromatic rings. The van der Waals surface area contributed by atoms with E-state index >= 15 is 0 Å². The van der Waals surface area contributed by atoms with Gasteiger partial charge in [0.1, 0.15) is 0 Å². The maximum absolute atomic E-state index is 8.90. The quantitative estimate of drug-likeness (QED) is 0.797. The Labute approximate surface area is 141 Å². The van der Waals surface area contributed by atoms with Crippen molar-refractivity contribution in [2.24, 2.45) is 0 Å². The first-order chi connectivity index (χ1) is 11.8. The number of nitrogens with zero attached hydrogens (tertiary/aromatic N) is 3. The average molecular weight is 316 g/mol. The van der Waals surface area contributed by atoms with E-state index in [0.29, 0.717) is 6.42 Å². The molecule has 2 aromatic heterocycles. The summed E-state index contributed by atoms with van der Waals surface area (Å²) in [6, 6.07) is 13.0. The topological polar surface area (TPSA) is 55.7 Å². The SMILES string of the molecule is Cc1[nH]c2c(N3CCc4ccccc4C3)nccc2c1CCC#N. The van der Waals surface area contributed by atoms with E-state index < -0.39 is 0 Å². The number of hydrogen-bond acceptors (Lipinski definition) is 3. The van der Waals surface area contributed by atoms with Crippen LogP contribution >= 0.6 is 0 Å². The maximum atomic E-state index is 8.90. The lowest BCUT2D eigenvalue weighted by atomic mass is 10.00. The van der Waals surface area contributed by atoms with E-state index in [2.05, 4.69) is 58.2 Å². The van der Waals surface area contributed by atoms with Gasteiger partial charge < -0.3 is 9.88 Å². The van der Waals surface area contributed by atoms with Gasteiger partial charge in [0.05, 0.1) is 11.6 Å². The van der Waals surface area contributed by atoms with E-state index in [1.807, 2.05) is 6.20 Å². The van der Waals surface area contributed by atoms with Crippen LogP contribution in [0.1, 0.15) is 28.8 Å². The van der Waals surface area contributed by atoms with Gasteiger partial charge in [0, 0.05) is 36.8 Å². The molecule has 4 heteroatoms. The average Bonchev–Trinajstić information content (AvgIpc) is 2.94. The molecule has 4 nitrogen and oxygen atoms in total. The second kappa shape index (κ2) is 6.01. The van der Waals surface area contributed by atoms with Crippen LogP contribution in [0.3, 0.4) is 0 Å². The van der Waals surface area contributed by atoms with Gasteiger partial charge in [-0.2, -0.15) is 5.26 Å². The number of rotatable bonds is 3. The summed E-state index contributed by atoms with van der Waals surface area (Å²) in [6.07, 6.45) is 4.27. The number of nitrogens with one attached hydrogen (secondary N) is 1. The van der Waals surface area contributed by atoms with Gasteiger partial charge in [0.15, 0.2) is 5.82 Å². The Kier molecular flexibility index (Phi) is 3.70. The molecule has 0 bridgehead atoms. The van der Waals surface area contributed by atoms with E-state index in [1.54, 1.807) is 0 Å². The largest absolute Gasteiger partial charge is 0.355 e. The third kappa shape index (κ3) is 2.43. The highest BCUT2D eigenvalue weighted by molar-refractivity contribution is 5.93. The summed E-state index contributed by atoms with van der Waals surface area (Å²) in [5.74, 6) is 1.02. The number of nitriles is 1. The molecule has 1 aliphatic rings. The number of aryl methyl sites for hydroxylation is 2. The van der Waals surface area contributed by atoms with E-state index in [1.165, 1.54) is 22.1 Å². The summed E-state index contributed by atoms with van der Waals surface area (Å²) < 4.78 is 0. The standard InChI is InChI=1S/C20H20N4/c1-14-17(7-4-10-21)18-8-11-22-20(19(18)23-14)24-12-9-15-5-2-3-6-16(15)13-24/h2-3,5-6,8,11,23H,4,7,9,12-13H2,1H3. The van der Waals surface area contributed by atoms with Crippen molar-refractivity contribution in [2.75, 3.05) is 11.4 Å². The van der Waals surface area contributed by atoms with Gasteiger partial charge in [-0.3, -0.25) is 0 Å². The van der Waals surface area contributed by atoms with Crippen molar-refractivity contribution >= 4 is 16.7 Å². The van der Waals surface area contributed by atoms with Crippen molar-refractivity contribution in [3.8, 4) is 6.07 Å². The van der Waals surface area contributed by atoms with Crippen LogP contribution in [0.4, 0.5) is 5.82 Å². The number of anilines is 1. The molecule has 0 amide bonds. The fraction of sp³-hybridized carbons (Fsp3) is 0.300. The minimum absolute atomic E-state index is 0.544. The number of fused-ring (bicyclic) bond motifs is 2. The maximum Gasteiger partial charge on any atom is 0.153 e. The molecule has 0 fully saturated rings. The molecule has 0 atom stereocenters. The highest BCUT2D eigenvalue weighted by Gasteiger charge is 2.20. The summed E-state index contributed by atoms with van der Waals surface area (Å²) in [4.78, 5) is 10.5. The van der Waals surface area contributed by atoms with Gasteiger partial charge >= 0.3 is 0 Å². The third-order valence-electron chi connectivity index (χ3n) is 4.94. The van der Waals surface area contributed by atoms with Crippen LogP contribution in [-0.2, 0) is 19.4 Å². The van der Waals surface area contributed by atoms with Crippen LogP contribution in [0.5, 0.6) is 0 Å². The Morgan fingerprint density at radius 3 is 2.92 bits per heavy atom. The minimum atomic E-state index is 0.544. The molecule has 0 aliphatic carbocycles. The Hall–Kier alpha value is -2.80. The lowest BCUT2D eigenvalue weighted by molar-refractivity contribution is 0.723. The third-order valence-corrected chi connectivity index (χ3v) is 4.94. The number of aromatic nitrogens is 2. The van der Waals surface area contributed by atoms with E-state index in [-0.39, 0.29) is 0 Å². The van der Waals surface area contributed by atoms with Gasteiger partial charge in [-0.1, -0.05) is 24.3 Å². The zero-order chi connectivity index (χ0) is 16.5. The molecule has 1 aliphatic heterocycles. The van der Waals surface area contributed by atoms with Crippen LogP contribution in [-0.4, -0.2) is 16.5 Å². The predicted octanol–water partition coefficient (Wildman–Crippen LogP) is 3.89. The second-order valence-corrected chi connectivity index (χ2v) is 6.38. The molecule has 0 radical (unpaired) electrons. The fourth-order valence-electron chi connectivity index (χ4n) is 3.71. The molecular weight excluding hydrogens is 296 g/mol. The molecule has 4 rings (SSSR count). The number of aromatic amines is 1. The molecule has 0 saturated heterocycles. The van der Waals surface area contributed by atoms with Crippen LogP contribution in [0.25, 0.3) is 10.9 Å². The van der Waals surface area contributed by atoms with Gasteiger partial charge in [-0.05, 0) is 42.5 Å². The van der Waals surface area contributed by atoms with Crippen LogP contribution in [0.15, 0.2) is 36.5 Å². The Morgan fingerprint density at radius 2 is 2.08 bits per heavy atom. The molecule has 0 unspecified atom stereocenters. The van der Waals surface area contributed by atoms with Crippen LogP contribution in [0.2, 0.25) is 0 Å². The lowest BCUT2D eigenvalue weighted by Crippen LogP contribution is -2.31. The van der Waals surface area contributed by atoms with E-state index in [9.17, 15) is 0 Å². The van der Waals surface area contributed by atoms with Gasteiger partial charge in [0.2, 0.25) is 0 Å². The monoisotopic (exact) mass is 316 g/mol. The first-order valence-electron chi connectivity index (χ1n) is 8.43. The van der Waals surface area contributed by atoms with Crippen molar-refractivity contribution in [3.63, 3.8) is 0 Å². The van der Waals surface area contributed by atoms with Crippen LogP contribution < -0.4 is 4.90 Å². The molecule has 1 aromatic carbocycles. The molecule has 24 heavy (non-hydrogen) atoms. The number of pyridine rings is 1. The van der Waals surface area contributed by atoms with Crippen LogP contribution in [0, 0.1) is 18.3 Å². The molecule has 0 saturated carbocycles. The summed E-state index contributed by atoms with van der Waals surface area (Å²) >= 11 is 0. The van der Waals surface area contributed by atoms with Gasteiger partial charge in [-0.15, -0.1) is 0 Å². The summed E-state index contributed by atoms with van der Waals surface area (Å²) in [5, 5.41) is 10.1. The van der Waals surface area contributed by atoms with Gasteiger partial charge in [-0.25, -0.2) is 4.98 Å². The first kappa shape index (κ1) is 14.8.